The van der Waals surface area contributed by atoms with E-state index in [2.05, 4.69) is 55.1 Å². The van der Waals surface area contributed by atoms with Gasteiger partial charge in [-0.05, 0) is 53.9 Å². The van der Waals surface area contributed by atoms with Gasteiger partial charge in [-0.2, -0.15) is 4.98 Å². The molecule has 154 valence electrons. The van der Waals surface area contributed by atoms with E-state index in [1.807, 2.05) is 24.3 Å². The first kappa shape index (κ1) is 18.8. The lowest BCUT2D eigenvalue weighted by Crippen LogP contribution is -2.31. The third-order valence-electron chi connectivity index (χ3n) is 5.27. The summed E-state index contributed by atoms with van der Waals surface area (Å²) in [6, 6.07) is 19.7. The van der Waals surface area contributed by atoms with Crippen LogP contribution in [0.5, 0.6) is 0 Å². The number of amides is 1. The molecule has 0 saturated heterocycles. The molecule has 0 saturated carbocycles. The van der Waals surface area contributed by atoms with E-state index < -0.39 is 0 Å². The first-order valence-electron chi connectivity index (χ1n) is 9.98. The van der Waals surface area contributed by atoms with Crippen molar-refractivity contribution in [1.29, 1.82) is 0 Å². The highest BCUT2D eigenvalue weighted by molar-refractivity contribution is 5.95. The van der Waals surface area contributed by atoms with E-state index in [9.17, 15) is 4.79 Å². The van der Waals surface area contributed by atoms with Gasteiger partial charge >= 0.3 is 6.01 Å². The average Bonchev–Trinajstić information content (AvgIpc) is 3.32. The number of benzene rings is 2. The summed E-state index contributed by atoms with van der Waals surface area (Å²) in [6.07, 6.45) is 4.31. The number of rotatable bonds is 5. The molecule has 2 aromatic carbocycles. The summed E-state index contributed by atoms with van der Waals surface area (Å²) in [5.41, 5.74) is 10.4. The molecule has 5 rings (SSSR count). The molecule has 1 aliphatic rings. The lowest BCUT2D eigenvalue weighted by atomic mass is 9.99. The Labute approximate surface area is 178 Å². The van der Waals surface area contributed by atoms with Crippen LogP contribution < -0.4 is 15.8 Å². The number of pyridine rings is 1. The van der Waals surface area contributed by atoms with Crippen molar-refractivity contribution >= 4 is 17.6 Å². The predicted octanol–water partition coefficient (Wildman–Crippen LogP) is 3.45. The number of hydrogen-bond donors (Lipinski definition) is 2. The van der Waals surface area contributed by atoms with E-state index in [-0.39, 0.29) is 11.9 Å². The van der Waals surface area contributed by atoms with Gasteiger partial charge < -0.3 is 9.42 Å². The first-order chi connectivity index (χ1) is 15.3. The molecule has 1 aliphatic heterocycles. The van der Waals surface area contributed by atoms with Gasteiger partial charge in [0.25, 0.3) is 5.91 Å². The van der Waals surface area contributed by atoms with Crippen LogP contribution in [-0.2, 0) is 13.0 Å². The Hall–Kier alpha value is -4.20. The molecule has 8 heteroatoms. The standard InChI is InChI=1S/C23H20N6O2/c30-22(26-27-23-25-21(28-31-23)17-9-12-24-13-10-17)18-5-7-20(8-6-18)29-14-11-16-3-1-2-4-19(16)15-29/h1-10,12-13H,11,14-15H2,(H,26,30)(H,25,27,28). The van der Waals surface area contributed by atoms with E-state index in [1.165, 1.54) is 11.1 Å². The van der Waals surface area contributed by atoms with Gasteiger partial charge in [0.15, 0.2) is 0 Å². The van der Waals surface area contributed by atoms with Gasteiger partial charge in [0.1, 0.15) is 0 Å². The molecule has 0 bridgehead atoms. The first-order valence-corrected chi connectivity index (χ1v) is 9.98. The number of anilines is 2. The zero-order valence-electron chi connectivity index (χ0n) is 16.7. The van der Waals surface area contributed by atoms with Gasteiger partial charge in [0, 0.05) is 42.3 Å². The fourth-order valence-corrected chi connectivity index (χ4v) is 3.61. The van der Waals surface area contributed by atoms with Gasteiger partial charge in [-0.1, -0.05) is 29.4 Å². The van der Waals surface area contributed by atoms with E-state index in [4.69, 9.17) is 4.52 Å². The molecule has 2 N–H and O–H groups in total. The second-order valence-corrected chi connectivity index (χ2v) is 7.23. The van der Waals surface area contributed by atoms with Crippen molar-refractivity contribution in [2.75, 3.05) is 16.9 Å². The minimum Gasteiger partial charge on any atom is -0.367 e. The summed E-state index contributed by atoms with van der Waals surface area (Å²) >= 11 is 0. The molecular formula is C23H20N6O2. The molecule has 8 nitrogen and oxygen atoms in total. The summed E-state index contributed by atoms with van der Waals surface area (Å²) < 4.78 is 5.12. The monoisotopic (exact) mass is 412 g/mol. The third-order valence-corrected chi connectivity index (χ3v) is 5.27. The Morgan fingerprint density at radius 1 is 0.968 bits per heavy atom. The maximum Gasteiger partial charge on any atom is 0.340 e. The Balaban J connectivity index is 1.20. The minimum absolute atomic E-state index is 0.101. The zero-order valence-corrected chi connectivity index (χ0v) is 16.7. The number of carbonyl (C=O) groups is 1. The van der Waals surface area contributed by atoms with Crippen molar-refractivity contribution in [3.05, 3.63) is 89.7 Å². The molecule has 4 aromatic rings. The van der Waals surface area contributed by atoms with E-state index >= 15 is 0 Å². The minimum atomic E-state index is -0.292. The van der Waals surface area contributed by atoms with Crippen molar-refractivity contribution in [3.63, 3.8) is 0 Å². The molecule has 0 fully saturated rings. The summed E-state index contributed by atoms with van der Waals surface area (Å²) in [5, 5.41) is 3.88. The van der Waals surface area contributed by atoms with Crippen LogP contribution >= 0.6 is 0 Å². The van der Waals surface area contributed by atoms with E-state index in [0.29, 0.717) is 11.4 Å². The summed E-state index contributed by atoms with van der Waals surface area (Å²) in [5.74, 6) is 0.116. The summed E-state index contributed by atoms with van der Waals surface area (Å²) in [7, 11) is 0. The highest BCUT2D eigenvalue weighted by Gasteiger charge is 2.16. The zero-order chi connectivity index (χ0) is 21.0. The van der Waals surface area contributed by atoms with Gasteiger partial charge in [-0.3, -0.25) is 15.2 Å². The molecule has 0 radical (unpaired) electrons. The molecule has 0 spiro atoms. The maximum atomic E-state index is 12.5. The summed E-state index contributed by atoms with van der Waals surface area (Å²) in [4.78, 5) is 22.9. The molecular weight excluding hydrogens is 392 g/mol. The van der Waals surface area contributed by atoms with Crippen LogP contribution in [-0.4, -0.2) is 27.6 Å². The fourth-order valence-electron chi connectivity index (χ4n) is 3.61. The Morgan fingerprint density at radius 2 is 1.74 bits per heavy atom. The number of hydrogen-bond acceptors (Lipinski definition) is 7. The molecule has 1 amide bonds. The Bertz CT molecular complexity index is 1190. The highest BCUT2D eigenvalue weighted by Crippen LogP contribution is 2.24. The van der Waals surface area contributed by atoms with Gasteiger partial charge in [-0.25, -0.2) is 5.43 Å². The lowest BCUT2D eigenvalue weighted by molar-refractivity contribution is 0.0961. The number of hydrazine groups is 1. The van der Waals surface area contributed by atoms with Gasteiger partial charge in [-0.15, -0.1) is 0 Å². The topological polar surface area (TPSA) is 96.2 Å². The number of nitrogens with one attached hydrogen (secondary N) is 2. The quantitative estimate of drug-likeness (QED) is 0.485. The lowest BCUT2D eigenvalue weighted by Gasteiger charge is -2.30. The molecule has 0 atom stereocenters. The van der Waals surface area contributed by atoms with Crippen LogP contribution in [0.1, 0.15) is 21.5 Å². The van der Waals surface area contributed by atoms with Crippen molar-refractivity contribution < 1.29 is 9.32 Å². The highest BCUT2D eigenvalue weighted by atomic mass is 16.5. The number of carbonyl (C=O) groups excluding carboxylic acids is 1. The number of fused-ring (bicyclic) bond motifs is 1. The molecule has 0 unspecified atom stereocenters. The maximum absolute atomic E-state index is 12.5. The second-order valence-electron chi connectivity index (χ2n) is 7.23. The largest absolute Gasteiger partial charge is 0.367 e. The number of nitrogens with zero attached hydrogens (tertiary/aromatic N) is 4. The van der Waals surface area contributed by atoms with Crippen LogP contribution in [0.4, 0.5) is 11.7 Å². The molecule has 31 heavy (non-hydrogen) atoms. The third kappa shape index (κ3) is 4.09. The van der Waals surface area contributed by atoms with Crippen molar-refractivity contribution in [2.24, 2.45) is 0 Å². The van der Waals surface area contributed by atoms with Crippen LogP contribution in [0.25, 0.3) is 11.4 Å². The Kier molecular flexibility index (Phi) is 5.02. The van der Waals surface area contributed by atoms with Crippen molar-refractivity contribution in [2.45, 2.75) is 13.0 Å². The van der Waals surface area contributed by atoms with Gasteiger partial charge in [0.2, 0.25) is 5.82 Å². The van der Waals surface area contributed by atoms with E-state index in [0.717, 1.165) is 30.8 Å². The molecule has 2 aromatic heterocycles. The average molecular weight is 412 g/mol. The normalized spacial score (nSPS) is 12.8. The predicted molar refractivity (Wildman–Crippen MR) is 116 cm³/mol. The Morgan fingerprint density at radius 3 is 2.55 bits per heavy atom. The van der Waals surface area contributed by atoms with Crippen molar-refractivity contribution in [3.8, 4) is 11.4 Å². The van der Waals surface area contributed by atoms with Crippen LogP contribution in [0.15, 0.2) is 77.6 Å². The van der Waals surface area contributed by atoms with E-state index in [1.54, 1.807) is 24.5 Å². The fraction of sp³-hybridized carbons (Fsp3) is 0.130. The smallest absolute Gasteiger partial charge is 0.340 e. The number of aromatic nitrogens is 3. The molecule has 0 aliphatic carbocycles. The second kappa shape index (κ2) is 8.27. The summed E-state index contributed by atoms with van der Waals surface area (Å²) in [6.45, 7) is 1.83. The molecule has 3 heterocycles. The van der Waals surface area contributed by atoms with Crippen LogP contribution in [0, 0.1) is 0 Å². The van der Waals surface area contributed by atoms with Crippen LogP contribution in [0.3, 0.4) is 0 Å². The van der Waals surface area contributed by atoms with Gasteiger partial charge in [0.05, 0.1) is 0 Å². The SMILES string of the molecule is O=C(NNc1nc(-c2ccncc2)no1)c1ccc(N2CCc3ccccc3C2)cc1. The van der Waals surface area contributed by atoms with Crippen molar-refractivity contribution in [1.82, 2.24) is 20.6 Å². The van der Waals surface area contributed by atoms with Crippen LogP contribution in [0.2, 0.25) is 0 Å².